The lowest BCUT2D eigenvalue weighted by atomic mass is 10.2. The highest BCUT2D eigenvalue weighted by Gasteiger charge is 2.08. The fraction of sp³-hybridized carbons (Fsp3) is 0.250. The van der Waals surface area contributed by atoms with Gasteiger partial charge in [0.2, 0.25) is 0 Å². The molecule has 1 N–H and O–H groups in total. The van der Waals surface area contributed by atoms with Crippen molar-refractivity contribution in [3.63, 3.8) is 0 Å². The fourth-order valence-corrected chi connectivity index (χ4v) is 2.61. The van der Waals surface area contributed by atoms with Gasteiger partial charge in [0.25, 0.3) is 5.91 Å². The number of hydrogen-bond donors (Lipinski definition) is 1. The number of rotatable bonds is 7. The van der Waals surface area contributed by atoms with Crippen LogP contribution in [0.4, 0.5) is 11.5 Å². The molecule has 2 aromatic heterocycles. The Hall–Kier alpha value is -3.15. The van der Waals surface area contributed by atoms with Gasteiger partial charge in [0.05, 0.1) is 11.9 Å². The first-order valence-electron chi connectivity index (χ1n) is 8.63. The largest absolute Gasteiger partial charge is 0.360 e. The molecule has 134 valence electrons. The molecule has 0 fully saturated rings. The van der Waals surface area contributed by atoms with Crippen molar-refractivity contribution in [2.24, 2.45) is 0 Å². The van der Waals surface area contributed by atoms with Crippen LogP contribution in [0.1, 0.15) is 22.3 Å². The second-order valence-corrected chi connectivity index (χ2v) is 6.30. The molecule has 0 spiro atoms. The highest BCUT2D eigenvalue weighted by atomic mass is 16.1. The van der Waals surface area contributed by atoms with E-state index in [4.69, 9.17) is 0 Å². The Labute approximate surface area is 153 Å². The van der Waals surface area contributed by atoms with E-state index in [9.17, 15) is 4.79 Å². The summed E-state index contributed by atoms with van der Waals surface area (Å²) in [4.78, 5) is 22.8. The van der Waals surface area contributed by atoms with Gasteiger partial charge in [0, 0.05) is 44.4 Å². The summed E-state index contributed by atoms with van der Waals surface area (Å²) in [5.74, 6) is 0.693. The van der Waals surface area contributed by atoms with Gasteiger partial charge < -0.3 is 14.8 Å². The van der Waals surface area contributed by atoms with Crippen molar-refractivity contribution >= 4 is 17.4 Å². The van der Waals surface area contributed by atoms with Crippen molar-refractivity contribution < 1.29 is 4.79 Å². The summed E-state index contributed by atoms with van der Waals surface area (Å²) >= 11 is 0. The van der Waals surface area contributed by atoms with Gasteiger partial charge >= 0.3 is 0 Å². The molecule has 1 aromatic carbocycles. The topological polar surface area (TPSA) is 63.1 Å². The Morgan fingerprint density at radius 3 is 2.65 bits per heavy atom. The molecule has 0 saturated carbocycles. The van der Waals surface area contributed by atoms with Gasteiger partial charge in [-0.2, -0.15) is 0 Å². The Kier molecular flexibility index (Phi) is 5.63. The van der Waals surface area contributed by atoms with Gasteiger partial charge in [-0.3, -0.25) is 4.79 Å². The SMILES string of the molecule is Cc1ccc(NC(=O)c2ccc(N(C)CCCn3ccnc3)nc2)cc1. The van der Waals surface area contributed by atoms with Crippen LogP contribution in [-0.4, -0.2) is 34.0 Å². The fourth-order valence-electron chi connectivity index (χ4n) is 2.61. The average Bonchev–Trinajstić information content (AvgIpc) is 3.17. The molecule has 0 aliphatic carbocycles. The van der Waals surface area contributed by atoms with Gasteiger partial charge in [0.15, 0.2) is 0 Å². The van der Waals surface area contributed by atoms with Crippen LogP contribution in [0.5, 0.6) is 0 Å². The van der Waals surface area contributed by atoms with E-state index in [0.717, 1.165) is 36.6 Å². The predicted molar refractivity (Wildman–Crippen MR) is 103 cm³/mol. The average molecular weight is 349 g/mol. The summed E-state index contributed by atoms with van der Waals surface area (Å²) in [5, 5.41) is 2.88. The number of carbonyl (C=O) groups is 1. The highest BCUT2D eigenvalue weighted by molar-refractivity contribution is 6.04. The van der Waals surface area contributed by atoms with Crippen LogP contribution in [0.25, 0.3) is 0 Å². The van der Waals surface area contributed by atoms with E-state index in [1.165, 1.54) is 0 Å². The smallest absolute Gasteiger partial charge is 0.257 e. The molecule has 0 atom stereocenters. The Morgan fingerprint density at radius 1 is 1.19 bits per heavy atom. The zero-order chi connectivity index (χ0) is 18.4. The lowest BCUT2D eigenvalue weighted by Crippen LogP contribution is -2.21. The van der Waals surface area contributed by atoms with Crippen LogP contribution in [0.15, 0.2) is 61.3 Å². The monoisotopic (exact) mass is 349 g/mol. The number of anilines is 2. The molecule has 0 bridgehead atoms. The number of nitrogens with one attached hydrogen (secondary N) is 1. The number of aryl methyl sites for hydroxylation is 2. The van der Waals surface area contributed by atoms with Gasteiger partial charge in [-0.05, 0) is 37.6 Å². The second kappa shape index (κ2) is 8.29. The number of pyridine rings is 1. The number of carbonyl (C=O) groups excluding carboxylic acids is 1. The minimum atomic E-state index is -0.157. The van der Waals surface area contributed by atoms with Crippen molar-refractivity contribution in [3.8, 4) is 0 Å². The maximum Gasteiger partial charge on any atom is 0.257 e. The van der Waals surface area contributed by atoms with Crippen molar-refractivity contribution in [2.75, 3.05) is 23.8 Å². The van der Waals surface area contributed by atoms with Crippen LogP contribution in [0.2, 0.25) is 0 Å². The normalized spacial score (nSPS) is 10.5. The van der Waals surface area contributed by atoms with Crippen molar-refractivity contribution in [3.05, 3.63) is 72.4 Å². The highest BCUT2D eigenvalue weighted by Crippen LogP contribution is 2.13. The number of benzene rings is 1. The summed E-state index contributed by atoms with van der Waals surface area (Å²) in [7, 11) is 2.00. The summed E-state index contributed by atoms with van der Waals surface area (Å²) < 4.78 is 2.06. The van der Waals surface area contributed by atoms with E-state index >= 15 is 0 Å². The van der Waals surface area contributed by atoms with Crippen LogP contribution in [0, 0.1) is 6.92 Å². The molecule has 26 heavy (non-hydrogen) atoms. The van der Waals surface area contributed by atoms with Gasteiger partial charge in [-0.1, -0.05) is 17.7 Å². The molecule has 6 nitrogen and oxygen atoms in total. The van der Waals surface area contributed by atoms with E-state index in [2.05, 4.69) is 24.8 Å². The van der Waals surface area contributed by atoms with Crippen LogP contribution >= 0.6 is 0 Å². The summed E-state index contributed by atoms with van der Waals surface area (Å²) in [6, 6.07) is 11.4. The number of aromatic nitrogens is 3. The quantitative estimate of drug-likeness (QED) is 0.710. The first kappa shape index (κ1) is 17.7. The Morgan fingerprint density at radius 2 is 2.00 bits per heavy atom. The van der Waals surface area contributed by atoms with E-state index < -0.39 is 0 Å². The zero-order valence-corrected chi connectivity index (χ0v) is 15.1. The van der Waals surface area contributed by atoms with Gasteiger partial charge in [-0.15, -0.1) is 0 Å². The maximum atomic E-state index is 12.3. The van der Waals surface area contributed by atoms with E-state index in [0.29, 0.717) is 5.56 Å². The zero-order valence-electron chi connectivity index (χ0n) is 15.1. The third-order valence-corrected chi connectivity index (χ3v) is 4.18. The minimum absolute atomic E-state index is 0.157. The molecule has 0 saturated heterocycles. The van der Waals surface area contributed by atoms with Crippen molar-refractivity contribution in [2.45, 2.75) is 19.9 Å². The van der Waals surface area contributed by atoms with E-state index in [1.54, 1.807) is 18.5 Å². The van der Waals surface area contributed by atoms with Gasteiger partial charge in [-0.25, -0.2) is 9.97 Å². The lowest BCUT2D eigenvalue weighted by Gasteiger charge is -2.18. The predicted octanol–water partition coefficient (Wildman–Crippen LogP) is 3.37. The number of hydrogen-bond acceptors (Lipinski definition) is 4. The van der Waals surface area contributed by atoms with Crippen LogP contribution in [-0.2, 0) is 6.54 Å². The molecule has 1 amide bonds. The molecule has 0 aliphatic heterocycles. The summed E-state index contributed by atoms with van der Waals surface area (Å²) in [5.41, 5.74) is 2.48. The van der Waals surface area contributed by atoms with Crippen LogP contribution < -0.4 is 10.2 Å². The molecule has 0 aliphatic rings. The van der Waals surface area contributed by atoms with Crippen LogP contribution in [0.3, 0.4) is 0 Å². The summed E-state index contributed by atoms with van der Waals surface area (Å²) in [6.45, 7) is 3.81. The second-order valence-electron chi connectivity index (χ2n) is 6.30. The van der Waals surface area contributed by atoms with Gasteiger partial charge in [0.1, 0.15) is 5.82 Å². The third kappa shape index (κ3) is 4.69. The molecular weight excluding hydrogens is 326 g/mol. The number of imidazole rings is 1. The number of amides is 1. The van der Waals surface area contributed by atoms with E-state index in [-0.39, 0.29) is 5.91 Å². The maximum absolute atomic E-state index is 12.3. The standard InChI is InChI=1S/C20H23N5O/c1-16-4-7-18(8-5-16)23-20(26)17-6-9-19(22-14-17)24(2)11-3-12-25-13-10-21-15-25/h4-10,13-15H,3,11-12H2,1-2H3,(H,23,26). The third-order valence-electron chi connectivity index (χ3n) is 4.18. The van der Waals surface area contributed by atoms with Crippen molar-refractivity contribution in [1.29, 1.82) is 0 Å². The lowest BCUT2D eigenvalue weighted by molar-refractivity contribution is 0.102. The molecule has 3 rings (SSSR count). The minimum Gasteiger partial charge on any atom is -0.360 e. The number of nitrogens with zero attached hydrogens (tertiary/aromatic N) is 4. The molecular formula is C20H23N5O. The molecule has 0 radical (unpaired) electrons. The first-order chi connectivity index (χ1) is 12.6. The van der Waals surface area contributed by atoms with Crippen molar-refractivity contribution in [1.82, 2.24) is 14.5 Å². The molecule has 2 heterocycles. The molecule has 0 unspecified atom stereocenters. The first-order valence-corrected chi connectivity index (χ1v) is 8.63. The van der Waals surface area contributed by atoms with E-state index in [1.807, 2.05) is 56.8 Å². The Bertz CT molecular complexity index is 826. The summed E-state index contributed by atoms with van der Waals surface area (Å²) in [6.07, 6.45) is 8.17. The molecule has 3 aromatic rings. The Balaban J connectivity index is 1.53. The molecule has 6 heteroatoms.